The molecule has 1 aliphatic carbocycles. The van der Waals surface area contributed by atoms with Crippen molar-refractivity contribution >= 4 is 11.8 Å². The predicted molar refractivity (Wildman–Crippen MR) is 67.6 cm³/mol. The second-order valence-electron chi connectivity index (χ2n) is 5.22. The lowest BCUT2D eigenvalue weighted by molar-refractivity contribution is -0.103. The number of aliphatic hydroxyl groups excluding tert-OH is 2. The van der Waals surface area contributed by atoms with Crippen molar-refractivity contribution in [3.63, 3.8) is 0 Å². The Hall–Kier alpha value is -1.76. The molecule has 1 fully saturated rings. The third-order valence-corrected chi connectivity index (χ3v) is 3.79. The summed E-state index contributed by atoms with van der Waals surface area (Å²) in [4.78, 5) is 29.3. The average molecular weight is 277 g/mol. The van der Waals surface area contributed by atoms with E-state index in [-0.39, 0.29) is 12.5 Å². The third kappa shape index (κ3) is 2.11. The number of rotatable bonds is 3. The normalized spacial score (nSPS) is 29.1. The van der Waals surface area contributed by atoms with Gasteiger partial charge in [-0.05, 0) is 30.9 Å². The van der Waals surface area contributed by atoms with Crippen LogP contribution in [0.25, 0.3) is 0 Å². The summed E-state index contributed by atoms with van der Waals surface area (Å²) in [6.45, 7) is 0.125. The first-order chi connectivity index (χ1) is 9.58. The van der Waals surface area contributed by atoms with Gasteiger partial charge in [0.05, 0.1) is 29.9 Å². The minimum Gasteiger partial charge on any atom is -0.390 e. The van der Waals surface area contributed by atoms with Gasteiger partial charge < -0.3 is 10.2 Å². The van der Waals surface area contributed by atoms with Crippen molar-refractivity contribution in [2.45, 2.75) is 25.0 Å². The first kappa shape index (κ1) is 13.2. The Morgan fingerprint density at radius 3 is 2.05 bits per heavy atom. The molecule has 1 heterocycles. The van der Waals surface area contributed by atoms with E-state index in [1.807, 2.05) is 0 Å². The molecule has 0 saturated heterocycles. The molecular formula is C14H15NO5. The van der Waals surface area contributed by atoms with Crippen molar-refractivity contribution in [3.8, 4) is 0 Å². The van der Waals surface area contributed by atoms with E-state index in [0.29, 0.717) is 24.0 Å². The quantitative estimate of drug-likeness (QED) is 0.778. The summed E-state index contributed by atoms with van der Waals surface area (Å²) in [7, 11) is 0. The zero-order chi connectivity index (χ0) is 14.3. The van der Waals surface area contributed by atoms with Gasteiger partial charge in [-0.3, -0.25) is 14.4 Å². The Kier molecular flexibility index (Phi) is 3.29. The van der Waals surface area contributed by atoms with Crippen molar-refractivity contribution in [1.29, 1.82) is 0 Å². The Morgan fingerprint density at radius 1 is 1.05 bits per heavy atom. The first-order valence-electron chi connectivity index (χ1n) is 6.55. The Bertz CT molecular complexity index is 513. The maximum atomic E-state index is 12.0. The van der Waals surface area contributed by atoms with E-state index in [1.54, 1.807) is 24.3 Å². The molecule has 0 radical (unpaired) electrons. The number of imide groups is 1. The van der Waals surface area contributed by atoms with Crippen LogP contribution < -0.4 is 0 Å². The van der Waals surface area contributed by atoms with Crippen molar-refractivity contribution < 1.29 is 24.6 Å². The van der Waals surface area contributed by atoms with Crippen LogP contribution in [0.4, 0.5) is 0 Å². The Balaban J connectivity index is 1.66. The minimum absolute atomic E-state index is 0.0655. The molecule has 106 valence electrons. The summed E-state index contributed by atoms with van der Waals surface area (Å²) in [5.41, 5.74) is 0.674. The standard InChI is InChI=1S/C14H15NO5/c16-11-5-8(6-12(11)17)7-20-15-13(18)9-3-1-2-4-10(9)14(15)19/h1-4,8,11-12,16-17H,5-7H2/t8-,11-,12+. The highest BCUT2D eigenvalue weighted by Gasteiger charge is 2.38. The van der Waals surface area contributed by atoms with Crippen LogP contribution in [0.5, 0.6) is 0 Å². The van der Waals surface area contributed by atoms with Gasteiger partial charge in [-0.15, -0.1) is 5.06 Å². The molecule has 1 aliphatic heterocycles. The highest BCUT2D eigenvalue weighted by molar-refractivity contribution is 6.20. The zero-order valence-corrected chi connectivity index (χ0v) is 10.7. The molecule has 3 rings (SSSR count). The molecule has 20 heavy (non-hydrogen) atoms. The Labute approximate surface area is 115 Å². The average Bonchev–Trinajstić information content (AvgIpc) is 2.88. The van der Waals surface area contributed by atoms with Crippen LogP contribution in [0.1, 0.15) is 33.6 Å². The number of aliphatic hydroxyl groups is 2. The summed E-state index contributed by atoms with van der Waals surface area (Å²) in [6, 6.07) is 6.55. The van der Waals surface area contributed by atoms with Crippen LogP contribution in [0, 0.1) is 5.92 Å². The topological polar surface area (TPSA) is 87.1 Å². The molecule has 3 atom stereocenters. The lowest BCUT2D eigenvalue weighted by atomic mass is 10.1. The fourth-order valence-electron chi connectivity index (χ4n) is 2.69. The number of benzene rings is 1. The number of hydrogen-bond donors (Lipinski definition) is 2. The number of carbonyl (C=O) groups excluding carboxylic acids is 2. The lowest BCUT2D eigenvalue weighted by Gasteiger charge is -2.16. The number of nitrogens with zero attached hydrogens (tertiary/aromatic N) is 1. The maximum Gasteiger partial charge on any atom is 0.285 e. The molecule has 1 aromatic rings. The minimum atomic E-state index is -0.759. The van der Waals surface area contributed by atoms with Gasteiger partial charge in [-0.25, -0.2) is 0 Å². The fraction of sp³-hybridized carbons (Fsp3) is 0.429. The first-order valence-corrected chi connectivity index (χ1v) is 6.55. The van der Waals surface area contributed by atoms with Gasteiger partial charge in [0.15, 0.2) is 0 Å². The van der Waals surface area contributed by atoms with Crippen LogP contribution in [0.15, 0.2) is 24.3 Å². The summed E-state index contributed by atoms with van der Waals surface area (Å²) in [5.74, 6) is -1.00. The van der Waals surface area contributed by atoms with Crippen LogP contribution in [-0.4, -0.2) is 45.9 Å². The monoisotopic (exact) mass is 277 g/mol. The third-order valence-electron chi connectivity index (χ3n) is 3.79. The summed E-state index contributed by atoms with van der Waals surface area (Å²) in [6.07, 6.45) is -0.703. The lowest BCUT2D eigenvalue weighted by Crippen LogP contribution is -2.31. The molecule has 6 nitrogen and oxygen atoms in total. The molecule has 0 unspecified atom stereocenters. The smallest absolute Gasteiger partial charge is 0.285 e. The van der Waals surface area contributed by atoms with E-state index in [4.69, 9.17) is 4.84 Å². The van der Waals surface area contributed by atoms with Gasteiger partial charge in [-0.1, -0.05) is 12.1 Å². The second kappa shape index (κ2) is 4.97. The number of carbonyl (C=O) groups is 2. The molecular weight excluding hydrogens is 262 g/mol. The summed E-state index contributed by atoms with van der Waals surface area (Å²) < 4.78 is 0. The molecule has 0 aromatic heterocycles. The van der Waals surface area contributed by atoms with Crippen LogP contribution >= 0.6 is 0 Å². The predicted octanol–water partition coefficient (Wildman–Crippen LogP) is 0.346. The number of amides is 2. The van der Waals surface area contributed by atoms with Crippen molar-refractivity contribution in [1.82, 2.24) is 5.06 Å². The van der Waals surface area contributed by atoms with Gasteiger partial charge >= 0.3 is 0 Å². The molecule has 1 saturated carbocycles. The van der Waals surface area contributed by atoms with Gasteiger partial charge in [0.25, 0.3) is 11.8 Å². The van der Waals surface area contributed by atoms with E-state index in [9.17, 15) is 19.8 Å². The molecule has 0 spiro atoms. The molecule has 0 bridgehead atoms. The number of hydrogen-bond acceptors (Lipinski definition) is 5. The van der Waals surface area contributed by atoms with Crippen LogP contribution in [-0.2, 0) is 4.84 Å². The Morgan fingerprint density at radius 2 is 1.55 bits per heavy atom. The van der Waals surface area contributed by atoms with Crippen molar-refractivity contribution in [3.05, 3.63) is 35.4 Å². The molecule has 2 N–H and O–H groups in total. The van der Waals surface area contributed by atoms with Crippen LogP contribution in [0.2, 0.25) is 0 Å². The molecule has 2 aliphatic rings. The highest BCUT2D eigenvalue weighted by atomic mass is 16.7. The van der Waals surface area contributed by atoms with Gasteiger partial charge in [0, 0.05) is 0 Å². The second-order valence-corrected chi connectivity index (χ2v) is 5.22. The number of hydroxylamine groups is 2. The van der Waals surface area contributed by atoms with E-state index < -0.39 is 24.0 Å². The summed E-state index contributed by atoms with van der Waals surface area (Å²) >= 11 is 0. The van der Waals surface area contributed by atoms with Crippen molar-refractivity contribution in [2.75, 3.05) is 6.61 Å². The van der Waals surface area contributed by atoms with E-state index in [2.05, 4.69) is 0 Å². The SMILES string of the molecule is O=C1c2ccccc2C(=O)N1OC[C@@H]1C[C@@H](O)[C@@H](O)C1. The van der Waals surface area contributed by atoms with Crippen LogP contribution in [0.3, 0.4) is 0 Å². The van der Waals surface area contributed by atoms with Gasteiger partial charge in [0.1, 0.15) is 0 Å². The van der Waals surface area contributed by atoms with E-state index in [1.165, 1.54) is 0 Å². The van der Waals surface area contributed by atoms with Crippen molar-refractivity contribution in [2.24, 2.45) is 5.92 Å². The molecule has 6 heteroatoms. The van der Waals surface area contributed by atoms with E-state index in [0.717, 1.165) is 5.06 Å². The number of fused-ring (bicyclic) bond motifs is 1. The maximum absolute atomic E-state index is 12.0. The summed E-state index contributed by atoms with van der Waals surface area (Å²) in [5, 5.41) is 19.7. The van der Waals surface area contributed by atoms with E-state index >= 15 is 0 Å². The van der Waals surface area contributed by atoms with Gasteiger partial charge in [-0.2, -0.15) is 0 Å². The molecule has 2 amide bonds. The zero-order valence-electron chi connectivity index (χ0n) is 10.7. The molecule has 1 aromatic carbocycles. The highest BCUT2D eigenvalue weighted by Crippen LogP contribution is 2.28. The van der Waals surface area contributed by atoms with Gasteiger partial charge in [0.2, 0.25) is 0 Å². The largest absolute Gasteiger partial charge is 0.390 e. The fourth-order valence-corrected chi connectivity index (χ4v) is 2.69.